The molecule has 1 N–H and O–H groups in total. The summed E-state index contributed by atoms with van der Waals surface area (Å²) in [5, 5.41) is 13.6. The third kappa shape index (κ3) is 25.0. The fraction of sp³-hybridized carbons (Fsp3) is 0.407. The maximum Gasteiger partial charge on any atom is 0.329 e. The Labute approximate surface area is 879 Å². The first-order chi connectivity index (χ1) is 71.6. The molecule has 148 heavy (non-hydrogen) atoms. The zero-order valence-corrected chi connectivity index (χ0v) is 93.0. The van der Waals surface area contributed by atoms with Crippen LogP contribution in [0, 0.1) is 6.92 Å². The number of anilines is 4. The lowest BCUT2D eigenvalue weighted by Crippen LogP contribution is -2.40. The standard InChI is InChI=1S/C13H17NO.C13H19N.C12H16N2O.2C11H14N2O.2C11H14N2.C11H15NO.C11H15N.C10H12N2O.C9H11N3/c1-9(2)14-11-8-6-5-7-10(11)13(3,4)12(14)15;1-10(2)14-9-13(3,4)11-7-5-6-8-12(11)14;1-4-13-10-7-5-6-8-11(10)14(9(2)3)12(13)15;2*1-8(2)13-10-7-5-4-6-9(10)12(3)11(13)14;1-8(2)9-5-4-6-11-10(9)7-12-13(11)3;1-8(2)11-10-6-4-5-7-13(10)9(3)12-11;1-9(2)12-7-8-13-11-6-4-3-5-10(11)12;1-9(2)12-8-7-10-5-3-4-6-11(10)12;1-7(2)12-9-6-4-3-5-8(9)11-10(12)13;1-7(2)12-9-6-4-3-5-8(9)10-11-12/h5-9H,1-4H3;5-8,10H,9H2,1-4H3;5-9H,4H2,1-3H3;2*4-8H,1-3H3;2*4-8H,1-3H3;3-6,9H,7-8H2,1-2H3;3-6,9H,7-8H2,1-2H3;3-7H,1-2H3,(H,11,13);3-7H,1-2H3/i;;;3D3;;;;;;;. The van der Waals surface area contributed by atoms with Crippen molar-refractivity contribution < 1.29 is 13.6 Å². The van der Waals surface area contributed by atoms with E-state index in [1.807, 2.05) is 265 Å². The van der Waals surface area contributed by atoms with E-state index in [4.69, 9.17) is 8.85 Å². The maximum atomic E-state index is 12.3. The number of nitrogens with one attached hydrogen (secondary N) is 1. The van der Waals surface area contributed by atoms with E-state index in [9.17, 15) is 24.0 Å². The Morgan fingerprint density at radius 3 is 1.46 bits per heavy atom. The van der Waals surface area contributed by atoms with Gasteiger partial charge in [0.05, 0.1) is 90.2 Å². The minimum Gasteiger partial charge on any atom is -0.490 e. The van der Waals surface area contributed by atoms with Crippen LogP contribution in [0.3, 0.4) is 0 Å². The van der Waals surface area contributed by atoms with Crippen LogP contribution in [0.4, 0.5) is 22.7 Å². The van der Waals surface area contributed by atoms with Gasteiger partial charge in [-0.05, 0) is 302 Å². The highest BCUT2D eigenvalue weighted by Gasteiger charge is 2.44. The zero-order chi connectivity index (χ0) is 110. The van der Waals surface area contributed by atoms with Crippen molar-refractivity contribution in [1.82, 2.24) is 71.1 Å². The normalized spacial score (nSPS) is 13.9. The Balaban J connectivity index is 0.000000147. The van der Waals surface area contributed by atoms with Crippen molar-refractivity contribution in [3.63, 3.8) is 0 Å². The summed E-state index contributed by atoms with van der Waals surface area (Å²) in [4.78, 5) is 76.4. The number of hydrogen-bond donors (Lipinski definition) is 1. The number of hydrogen-bond acceptors (Lipinski definition) is 13. The van der Waals surface area contributed by atoms with Gasteiger partial charge in [0.25, 0.3) is 0 Å². The van der Waals surface area contributed by atoms with Gasteiger partial charge in [-0.25, -0.2) is 28.8 Å². The molecule has 12 heterocycles. The van der Waals surface area contributed by atoms with Crippen LogP contribution in [0.15, 0.2) is 286 Å². The van der Waals surface area contributed by atoms with Crippen LogP contribution in [0.2, 0.25) is 0 Å². The smallest absolute Gasteiger partial charge is 0.329 e. The number of aromatic amines is 1. The zero-order valence-electron chi connectivity index (χ0n) is 96.0. The molecule has 0 bridgehead atoms. The highest BCUT2D eigenvalue weighted by molar-refractivity contribution is 6.08. The van der Waals surface area contributed by atoms with Crippen LogP contribution in [-0.4, -0.2) is 127 Å². The number of aryl methyl sites for hydroxylation is 5. The molecule has 8 aromatic heterocycles. The van der Waals surface area contributed by atoms with Crippen molar-refractivity contribution in [3.05, 3.63) is 343 Å². The number of rotatable bonds is 12. The molecular weight excluding hydrogens is 1840 g/mol. The summed E-state index contributed by atoms with van der Waals surface area (Å²) in [6.07, 6.45) is 5.22. The number of amides is 1. The number of imidazole rings is 5. The molecule has 0 saturated heterocycles. The first-order valence-corrected chi connectivity index (χ1v) is 52.6. The fourth-order valence-corrected chi connectivity index (χ4v) is 20.0. The van der Waals surface area contributed by atoms with Crippen LogP contribution < -0.4 is 47.1 Å². The molecule has 25 heteroatoms. The number of aromatic nitrogens is 15. The molecule has 0 radical (unpaired) electrons. The van der Waals surface area contributed by atoms with E-state index in [1.165, 1.54) is 73.4 Å². The van der Waals surface area contributed by atoms with E-state index in [0.717, 1.165) is 97.8 Å². The van der Waals surface area contributed by atoms with Gasteiger partial charge in [-0.2, -0.15) is 5.10 Å². The Bertz CT molecular complexity index is 7860. The molecule has 22 rings (SSSR count). The Hall–Kier alpha value is -14.5. The quantitative estimate of drug-likeness (QED) is 0.120. The van der Waals surface area contributed by atoms with E-state index in [-0.39, 0.29) is 58.6 Å². The van der Waals surface area contributed by atoms with Crippen molar-refractivity contribution in [2.75, 3.05) is 45.8 Å². The number of nitrogens with zero attached hydrogens (tertiary/aromatic N) is 18. The first-order valence-electron chi connectivity index (χ1n) is 54.1. The molecule has 784 valence electrons. The molecule has 0 unspecified atom stereocenters. The van der Waals surface area contributed by atoms with E-state index < -0.39 is 12.7 Å². The molecule has 25 nitrogen and oxygen atoms in total. The van der Waals surface area contributed by atoms with Gasteiger partial charge in [0.1, 0.15) is 23.7 Å². The summed E-state index contributed by atoms with van der Waals surface area (Å²) >= 11 is 0. The molecule has 4 aliphatic heterocycles. The molecule has 18 aromatic rings. The highest BCUT2D eigenvalue weighted by Crippen LogP contribution is 2.44. The average molecular weight is 2000 g/mol. The van der Waals surface area contributed by atoms with Crippen molar-refractivity contribution >= 4 is 100 Å². The summed E-state index contributed by atoms with van der Waals surface area (Å²) < 4.78 is 45.1. The van der Waals surface area contributed by atoms with Crippen molar-refractivity contribution in [2.45, 2.75) is 284 Å². The second-order valence-corrected chi connectivity index (χ2v) is 42.5. The van der Waals surface area contributed by atoms with Crippen molar-refractivity contribution in [3.8, 4) is 5.75 Å². The molecule has 0 atom stereocenters. The number of benzene rings is 10. The summed E-state index contributed by atoms with van der Waals surface area (Å²) in [6.45, 7) is 61.4. The minimum atomic E-state index is -2.45. The monoisotopic (exact) mass is 2000 g/mol. The summed E-state index contributed by atoms with van der Waals surface area (Å²) in [7, 11) is 3.79. The topological polar surface area (TPSA) is 224 Å². The van der Waals surface area contributed by atoms with E-state index >= 15 is 0 Å². The lowest BCUT2D eigenvalue weighted by atomic mass is 9.86. The molecule has 0 saturated carbocycles. The Kier molecular flexibility index (Phi) is 35.9. The van der Waals surface area contributed by atoms with Gasteiger partial charge in [0, 0.05) is 133 Å². The summed E-state index contributed by atoms with van der Waals surface area (Å²) in [6, 6.07) is 87.7. The average Bonchev–Trinajstić information content (AvgIpc) is 1.59. The largest absolute Gasteiger partial charge is 0.490 e. The van der Waals surface area contributed by atoms with Crippen LogP contribution in [-0.2, 0) is 49.7 Å². The van der Waals surface area contributed by atoms with Crippen molar-refractivity contribution in [1.29, 1.82) is 0 Å². The third-order valence-corrected chi connectivity index (χ3v) is 27.4. The number of ether oxygens (including phenoxy) is 1. The molecule has 4 aliphatic rings. The predicted molar refractivity (Wildman–Crippen MR) is 618 cm³/mol. The number of carbonyl (C=O) groups excluding carboxylic acids is 1. The highest BCUT2D eigenvalue weighted by atomic mass is 16.5. The van der Waals surface area contributed by atoms with Crippen LogP contribution in [0.25, 0.3) is 71.6 Å². The summed E-state index contributed by atoms with van der Waals surface area (Å²) in [5.74, 6) is 3.35. The van der Waals surface area contributed by atoms with Gasteiger partial charge < -0.3 is 33.7 Å². The van der Waals surface area contributed by atoms with Gasteiger partial charge >= 0.3 is 22.8 Å². The second kappa shape index (κ2) is 49.3. The first kappa shape index (κ1) is 108. The number of H-pyrrole nitrogens is 1. The lowest BCUT2D eigenvalue weighted by Gasteiger charge is -2.34. The maximum absolute atomic E-state index is 12.3. The van der Waals surface area contributed by atoms with E-state index in [0.29, 0.717) is 52.5 Å². The summed E-state index contributed by atoms with van der Waals surface area (Å²) in [5.41, 5.74) is 23.0. The van der Waals surface area contributed by atoms with Crippen molar-refractivity contribution in [2.24, 2.45) is 21.1 Å². The fourth-order valence-electron chi connectivity index (χ4n) is 20.0. The molecule has 10 aromatic carbocycles. The molecule has 0 spiro atoms. The molecular formula is C123H161N19O6. The Morgan fingerprint density at radius 1 is 0.419 bits per heavy atom. The van der Waals surface area contributed by atoms with Gasteiger partial charge in [-0.15, -0.1) is 5.10 Å². The van der Waals surface area contributed by atoms with Gasteiger partial charge in [-0.3, -0.25) is 41.4 Å². The lowest BCUT2D eigenvalue weighted by molar-refractivity contribution is -0.122. The SMILES string of the molecule is CC(C)N1C(=O)C(C)(C)c2ccccc21.CC(C)N1CC(C)(C)c2ccccc21.CC(C)N1CCOc2ccccc21.CC(C)N1CCc2ccccc21.CC(C)c1cccc2c1cnn2C.CC(C)n1c(=O)[nH]c2ccccc21.CC(C)n1c(=O)n(C)c2ccccc21.CC(C)n1nnc2ccccc21.CCn1c(=O)n(C(C)C)c2ccccc21.Cc1nc(C(C)C)c2ccccn12.[2H]C([2H])([2H])n1c(=O)n(C(C)C)c2ccccc21. The third-order valence-electron chi connectivity index (χ3n) is 27.4. The van der Waals surface area contributed by atoms with E-state index in [1.54, 1.807) is 33.4 Å². The Morgan fingerprint density at radius 2 is 0.892 bits per heavy atom. The number of fused-ring (bicyclic) bond motifs is 11. The van der Waals surface area contributed by atoms with Crippen LogP contribution in [0.1, 0.15) is 267 Å². The molecule has 1 amide bonds. The van der Waals surface area contributed by atoms with Crippen LogP contribution in [0.5, 0.6) is 5.75 Å². The minimum absolute atomic E-state index is 0.0313. The molecule has 0 aliphatic carbocycles. The number of pyridine rings is 1. The van der Waals surface area contributed by atoms with Gasteiger partial charge in [-0.1, -0.05) is 192 Å². The number of para-hydroxylation sites is 14. The van der Waals surface area contributed by atoms with Crippen LogP contribution >= 0.6 is 0 Å². The molecule has 0 fully saturated rings. The second-order valence-electron chi connectivity index (χ2n) is 42.5. The van der Waals surface area contributed by atoms with Gasteiger partial charge in [0.15, 0.2) is 0 Å². The van der Waals surface area contributed by atoms with Gasteiger partial charge in [0.2, 0.25) is 5.91 Å². The van der Waals surface area contributed by atoms with E-state index in [2.05, 4.69) is 259 Å². The number of carbonyl (C=O) groups is 1. The predicted octanol–water partition coefficient (Wildman–Crippen LogP) is 26.3.